The number of hydrogen-bond donors (Lipinski definition) is 2. The topological polar surface area (TPSA) is 76.4 Å². The number of nitrogens with zero attached hydrogens (tertiary/aromatic N) is 4. The first-order valence-corrected chi connectivity index (χ1v) is 10.2. The van der Waals surface area contributed by atoms with Gasteiger partial charge >= 0.3 is 0 Å². The van der Waals surface area contributed by atoms with E-state index < -0.39 is 0 Å². The Morgan fingerprint density at radius 2 is 1.89 bits per heavy atom. The number of guanidine groups is 1. The fourth-order valence-corrected chi connectivity index (χ4v) is 3.30. The maximum atomic E-state index is 5.81. The van der Waals surface area contributed by atoms with Gasteiger partial charge in [0.05, 0.1) is 6.54 Å². The molecule has 2 aromatic rings. The third-order valence-electron chi connectivity index (χ3n) is 5.19. The van der Waals surface area contributed by atoms with Gasteiger partial charge in [-0.25, -0.2) is 4.99 Å². The van der Waals surface area contributed by atoms with Crippen molar-refractivity contribution in [2.24, 2.45) is 12.0 Å². The Hall–Kier alpha value is -2.57. The molecule has 2 N–H and O–H groups in total. The molecule has 1 aromatic carbocycles. The average molecular weight is 385 g/mol. The van der Waals surface area contributed by atoms with Crippen LogP contribution in [0.15, 0.2) is 29.3 Å². The van der Waals surface area contributed by atoms with E-state index in [-0.39, 0.29) is 0 Å². The number of rotatable bonds is 7. The van der Waals surface area contributed by atoms with Crippen molar-refractivity contribution in [3.63, 3.8) is 0 Å². The van der Waals surface area contributed by atoms with Crippen LogP contribution in [0.2, 0.25) is 0 Å². The molecule has 0 bridgehead atoms. The van der Waals surface area contributed by atoms with E-state index in [1.807, 2.05) is 30.7 Å². The predicted octanol–water partition coefficient (Wildman–Crippen LogP) is 2.88. The molecule has 28 heavy (non-hydrogen) atoms. The highest BCUT2D eigenvalue weighted by Crippen LogP contribution is 2.17. The second kappa shape index (κ2) is 10.1. The molecule has 0 unspecified atom stereocenters. The van der Waals surface area contributed by atoms with Crippen molar-refractivity contribution in [2.45, 2.75) is 58.5 Å². The van der Waals surface area contributed by atoms with Crippen LogP contribution >= 0.6 is 0 Å². The Labute approximate surface area is 167 Å². The number of hydrogen-bond acceptors (Lipinski definition) is 4. The van der Waals surface area contributed by atoms with Crippen LogP contribution in [-0.4, -0.2) is 39.9 Å². The summed E-state index contributed by atoms with van der Waals surface area (Å²) in [5.41, 5.74) is 1.23. The number of aliphatic imine (C=N–C) groups is 1. The van der Waals surface area contributed by atoms with Gasteiger partial charge in [-0.15, -0.1) is 10.2 Å². The number of aromatic nitrogens is 3. The third-order valence-corrected chi connectivity index (χ3v) is 5.19. The molecule has 3 rings (SSSR count). The predicted molar refractivity (Wildman–Crippen MR) is 112 cm³/mol. The Morgan fingerprint density at radius 1 is 1.14 bits per heavy atom. The van der Waals surface area contributed by atoms with Crippen LogP contribution in [0.25, 0.3) is 0 Å². The molecule has 152 valence electrons. The van der Waals surface area contributed by atoms with Crippen molar-refractivity contribution in [3.05, 3.63) is 41.5 Å². The zero-order chi connectivity index (χ0) is 19.8. The molecule has 1 fully saturated rings. The molecule has 1 aromatic heterocycles. The second-order valence-corrected chi connectivity index (χ2v) is 7.45. The standard InChI is InChI=1S/C21H32N6O/c1-16-9-11-19(12-10-16)28-14-13-22-21(24-18-7-5-4-6-8-18)23-15-20-26-25-17(2)27(20)3/h9-12,18H,4-8,13-15H2,1-3H3,(H2,22,23,24). The Balaban J connectivity index is 1.54. The molecular weight excluding hydrogens is 352 g/mol. The Bertz CT molecular complexity index is 762. The summed E-state index contributed by atoms with van der Waals surface area (Å²) >= 11 is 0. The maximum absolute atomic E-state index is 5.81. The minimum atomic E-state index is 0.485. The summed E-state index contributed by atoms with van der Waals surface area (Å²) in [5, 5.41) is 15.3. The normalized spacial score (nSPS) is 15.5. The second-order valence-electron chi connectivity index (χ2n) is 7.45. The fraction of sp³-hybridized carbons (Fsp3) is 0.571. The highest BCUT2D eigenvalue weighted by Gasteiger charge is 2.15. The van der Waals surface area contributed by atoms with Gasteiger partial charge in [-0.3, -0.25) is 0 Å². The molecule has 1 saturated carbocycles. The maximum Gasteiger partial charge on any atom is 0.192 e. The van der Waals surface area contributed by atoms with Gasteiger partial charge in [0, 0.05) is 13.1 Å². The summed E-state index contributed by atoms with van der Waals surface area (Å²) in [7, 11) is 1.97. The SMILES string of the molecule is Cc1ccc(OCCNC(=NCc2nnc(C)n2C)NC2CCCCC2)cc1. The quantitative estimate of drug-likeness (QED) is 0.436. The van der Waals surface area contributed by atoms with Crippen LogP contribution in [0.3, 0.4) is 0 Å². The molecule has 0 radical (unpaired) electrons. The summed E-state index contributed by atoms with van der Waals surface area (Å²) in [4.78, 5) is 4.73. The van der Waals surface area contributed by atoms with Crippen LogP contribution < -0.4 is 15.4 Å². The van der Waals surface area contributed by atoms with E-state index in [0.717, 1.165) is 23.4 Å². The van der Waals surface area contributed by atoms with Crippen LogP contribution in [0.4, 0.5) is 0 Å². The van der Waals surface area contributed by atoms with Gasteiger partial charge in [0.15, 0.2) is 11.8 Å². The summed E-state index contributed by atoms with van der Waals surface area (Å²) < 4.78 is 7.79. The van der Waals surface area contributed by atoms with Crippen LogP contribution in [0, 0.1) is 13.8 Å². The van der Waals surface area contributed by atoms with E-state index in [1.54, 1.807) is 0 Å². The fourth-order valence-electron chi connectivity index (χ4n) is 3.30. The summed E-state index contributed by atoms with van der Waals surface area (Å²) in [6.45, 7) is 5.78. The van der Waals surface area contributed by atoms with E-state index in [1.165, 1.54) is 37.7 Å². The van der Waals surface area contributed by atoms with Crippen molar-refractivity contribution in [1.82, 2.24) is 25.4 Å². The number of ether oxygens (including phenoxy) is 1. The van der Waals surface area contributed by atoms with E-state index in [4.69, 9.17) is 9.73 Å². The molecule has 7 nitrogen and oxygen atoms in total. The van der Waals surface area contributed by atoms with Crippen molar-refractivity contribution in [1.29, 1.82) is 0 Å². The van der Waals surface area contributed by atoms with Gasteiger partial charge in [0.2, 0.25) is 0 Å². The summed E-state index contributed by atoms with van der Waals surface area (Å²) in [5.74, 6) is 3.46. The lowest BCUT2D eigenvalue weighted by Gasteiger charge is -2.25. The first-order chi connectivity index (χ1) is 13.6. The van der Waals surface area contributed by atoms with Gasteiger partial charge in [0.1, 0.15) is 24.7 Å². The van der Waals surface area contributed by atoms with E-state index in [9.17, 15) is 0 Å². The lowest BCUT2D eigenvalue weighted by molar-refractivity contribution is 0.321. The summed E-state index contributed by atoms with van der Waals surface area (Å²) in [6, 6.07) is 8.60. The largest absolute Gasteiger partial charge is 0.492 e. The molecule has 1 aliphatic carbocycles. The number of benzene rings is 1. The average Bonchev–Trinajstić information content (AvgIpc) is 3.03. The van der Waals surface area contributed by atoms with Gasteiger partial charge < -0.3 is 19.9 Å². The van der Waals surface area contributed by atoms with Crippen molar-refractivity contribution >= 4 is 5.96 Å². The highest BCUT2D eigenvalue weighted by atomic mass is 16.5. The first-order valence-electron chi connectivity index (χ1n) is 10.2. The van der Waals surface area contributed by atoms with Gasteiger partial charge in [0.25, 0.3) is 0 Å². The lowest BCUT2D eigenvalue weighted by Crippen LogP contribution is -2.45. The minimum absolute atomic E-state index is 0.485. The van der Waals surface area contributed by atoms with Crippen LogP contribution in [0.1, 0.15) is 49.3 Å². The Kier molecular flexibility index (Phi) is 7.28. The molecule has 1 heterocycles. The monoisotopic (exact) mass is 384 g/mol. The molecule has 0 amide bonds. The van der Waals surface area contributed by atoms with Crippen LogP contribution in [-0.2, 0) is 13.6 Å². The number of nitrogens with one attached hydrogen (secondary N) is 2. The molecule has 0 atom stereocenters. The molecule has 0 saturated heterocycles. The molecule has 0 aliphatic heterocycles. The van der Waals surface area contributed by atoms with Crippen molar-refractivity contribution < 1.29 is 4.74 Å². The van der Waals surface area contributed by atoms with Crippen LogP contribution in [0.5, 0.6) is 5.75 Å². The smallest absolute Gasteiger partial charge is 0.192 e. The zero-order valence-corrected chi connectivity index (χ0v) is 17.2. The van der Waals surface area contributed by atoms with E-state index in [0.29, 0.717) is 25.7 Å². The third kappa shape index (κ3) is 5.97. The molecular formula is C21H32N6O. The molecule has 1 aliphatic rings. The molecule has 0 spiro atoms. The summed E-state index contributed by atoms with van der Waals surface area (Å²) in [6.07, 6.45) is 6.29. The number of aryl methyl sites for hydroxylation is 2. The van der Waals surface area contributed by atoms with Crippen molar-refractivity contribution in [2.75, 3.05) is 13.2 Å². The zero-order valence-electron chi connectivity index (χ0n) is 17.2. The minimum Gasteiger partial charge on any atom is -0.492 e. The van der Waals surface area contributed by atoms with Gasteiger partial charge in [-0.1, -0.05) is 37.0 Å². The van der Waals surface area contributed by atoms with E-state index >= 15 is 0 Å². The molecule has 7 heteroatoms. The van der Waals surface area contributed by atoms with Gasteiger partial charge in [-0.05, 0) is 38.8 Å². The lowest BCUT2D eigenvalue weighted by atomic mass is 9.96. The first kappa shape index (κ1) is 20.2. The Morgan fingerprint density at radius 3 is 2.57 bits per heavy atom. The van der Waals surface area contributed by atoms with E-state index in [2.05, 4.69) is 39.9 Å². The highest BCUT2D eigenvalue weighted by molar-refractivity contribution is 5.80. The van der Waals surface area contributed by atoms with Crippen molar-refractivity contribution in [3.8, 4) is 5.75 Å². The van der Waals surface area contributed by atoms with Gasteiger partial charge in [-0.2, -0.15) is 0 Å².